The monoisotopic (exact) mass is 390 g/mol. The second-order valence-corrected chi connectivity index (χ2v) is 9.45. The minimum atomic E-state index is -4.87. The predicted molar refractivity (Wildman–Crippen MR) is 88.5 cm³/mol. The normalized spacial score (nSPS) is 27.3. The van der Waals surface area contributed by atoms with Crippen molar-refractivity contribution in [3.63, 3.8) is 0 Å². The fourth-order valence-corrected chi connectivity index (χ4v) is 5.34. The lowest BCUT2D eigenvalue weighted by atomic mass is 9.80. The third-order valence-electron chi connectivity index (χ3n) is 5.81. The molecule has 1 aromatic rings. The molecule has 0 bridgehead atoms. The lowest BCUT2D eigenvalue weighted by Crippen LogP contribution is -2.27. The first-order valence-electron chi connectivity index (χ1n) is 8.63. The van der Waals surface area contributed by atoms with Crippen molar-refractivity contribution in [1.29, 1.82) is 0 Å². The van der Waals surface area contributed by atoms with Crippen LogP contribution in [0.2, 0.25) is 0 Å². The van der Waals surface area contributed by atoms with E-state index in [-0.39, 0.29) is 17.4 Å². The van der Waals surface area contributed by atoms with Gasteiger partial charge in [-0.1, -0.05) is 38.2 Å². The van der Waals surface area contributed by atoms with E-state index in [2.05, 4.69) is 0 Å². The molecule has 2 aliphatic carbocycles. The van der Waals surface area contributed by atoms with Crippen LogP contribution in [-0.4, -0.2) is 25.7 Å². The van der Waals surface area contributed by atoms with Crippen LogP contribution in [0.4, 0.5) is 13.2 Å². The first-order chi connectivity index (χ1) is 12.0. The number of benzene rings is 1. The van der Waals surface area contributed by atoms with Gasteiger partial charge in [0.15, 0.2) is 9.84 Å². The van der Waals surface area contributed by atoms with Crippen LogP contribution in [0.25, 0.3) is 0 Å². The van der Waals surface area contributed by atoms with Gasteiger partial charge in [0, 0.05) is 6.26 Å². The number of aliphatic carboxylic acids is 1. The molecule has 3 rings (SSSR count). The van der Waals surface area contributed by atoms with Gasteiger partial charge >= 0.3 is 12.1 Å². The number of carbonyl (C=O) groups is 1. The van der Waals surface area contributed by atoms with Gasteiger partial charge in [0.1, 0.15) is 0 Å². The molecule has 1 N–H and O–H groups in total. The summed E-state index contributed by atoms with van der Waals surface area (Å²) in [7, 11) is -4.08. The second kappa shape index (κ2) is 6.25. The average molecular weight is 390 g/mol. The Morgan fingerprint density at radius 2 is 1.81 bits per heavy atom. The number of hydrogen-bond donors (Lipinski definition) is 1. The summed E-state index contributed by atoms with van der Waals surface area (Å²) in [4.78, 5) is 11.2. The molecular formula is C18H21F3O4S. The van der Waals surface area contributed by atoms with Crippen molar-refractivity contribution in [2.45, 2.75) is 55.0 Å². The molecule has 2 aliphatic rings. The summed E-state index contributed by atoms with van der Waals surface area (Å²) in [6, 6.07) is 2.87. The number of rotatable bonds is 4. The van der Waals surface area contributed by atoms with Crippen LogP contribution < -0.4 is 0 Å². The van der Waals surface area contributed by atoms with E-state index in [1.165, 1.54) is 6.07 Å². The molecule has 0 spiro atoms. The Balaban J connectivity index is 2.06. The van der Waals surface area contributed by atoms with Crippen LogP contribution in [0.1, 0.15) is 49.7 Å². The molecule has 144 valence electrons. The number of alkyl halides is 3. The van der Waals surface area contributed by atoms with E-state index in [4.69, 9.17) is 0 Å². The molecule has 4 nitrogen and oxygen atoms in total. The van der Waals surface area contributed by atoms with E-state index in [0.717, 1.165) is 44.2 Å². The van der Waals surface area contributed by atoms with Crippen molar-refractivity contribution < 1.29 is 31.5 Å². The molecule has 2 unspecified atom stereocenters. The maximum atomic E-state index is 13.4. The molecule has 2 fully saturated rings. The van der Waals surface area contributed by atoms with Gasteiger partial charge in [0.05, 0.1) is 15.9 Å². The highest BCUT2D eigenvalue weighted by molar-refractivity contribution is 7.90. The number of hydrogen-bond acceptors (Lipinski definition) is 3. The third kappa shape index (κ3) is 3.23. The topological polar surface area (TPSA) is 71.4 Å². The number of carboxylic acids is 1. The first-order valence-corrected chi connectivity index (χ1v) is 10.5. The van der Waals surface area contributed by atoms with E-state index in [1.54, 1.807) is 0 Å². The summed E-state index contributed by atoms with van der Waals surface area (Å²) in [6.45, 7) is 0. The van der Waals surface area contributed by atoms with Gasteiger partial charge in [0.2, 0.25) is 0 Å². The molecule has 2 saturated carbocycles. The van der Waals surface area contributed by atoms with Gasteiger partial charge in [-0.3, -0.25) is 4.79 Å². The van der Waals surface area contributed by atoms with E-state index in [0.29, 0.717) is 12.7 Å². The van der Waals surface area contributed by atoms with Crippen molar-refractivity contribution >= 4 is 15.8 Å². The molecule has 0 saturated heterocycles. The van der Waals surface area contributed by atoms with Crippen LogP contribution in [0.3, 0.4) is 0 Å². The fourth-order valence-electron chi connectivity index (χ4n) is 4.45. The molecule has 0 aromatic heterocycles. The van der Waals surface area contributed by atoms with Crippen LogP contribution >= 0.6 is 0 Å². The van der Waals surface area contributed by atoms with Crippen molar-refractivity contribution in [2.75, 3.05) is 6.26 Å². The average Bonchev–Trinajstić information content (AvgIpc) is 3.30. The van der Waals surface area contributed by atoms with Gasteiger partial charge in [-0.25, -0.2) is 8.42 Å². The summed E-state index contributed by atoms with van der Waals surface area (Å²) in [5.74, 6) is -1.12. The predicted octanol–water partition coefficient (Wildman–Crippen LogP) is 4.03. The Bertz CT molecular complexity index is 825. The van der Waals surface area contributed by atoms with Crippen molar-refractivity contribution in [3.8, 4) is 0 Å². The van der Waals surface area contributed by atoms with Gasteiger partial charge < -0.3 is 5.11 Å². The Morgan fingerprint density at radius 3 is 2.31 bits per heavy atom. The lowest BCUT2D eigenvalue weighted by Gasteiger charge is -2.25. The zero-order valence-electron chi connectivity index (χ0n) is 14.3. The summed E-state index contributed by atoms with van der Waals surface area (Å²) >= 11 is 0. The lowest BCUT2D eigenvalue weighted by molar-refractivity contribution is -0.142. The van der Waals surface area contributed by atoms with Crippen LogP contribution in [-0.2, 0) is 26.2 Å². The van der Waals surface area contributed by atoms with E-state index in [9.17, 15) is 31.5 Å². The molecule has 2 atom stereocenters. The highest BCUT2D eigenvalue weighted by Gasteiger charge is 2.64. The fraction of sp³-hybridized carbons (Fsp3) is 0.611. The number of carboxylic acid groups (broad SMARTS) is 1. The maximum absolute atomic E-state index is 13.4. The minimum absolute atomic E-state index is 0.0558. The summed E-state index contributed by atoms with van der Waals surface area (Å²) in [6.07, 6.45) is 1.07. The Morgan fingerprint density at radius 1 is 1.19 bits per heavy atom. The second-order valence-electron chi connectivity index (χ2n) is 7.47. The van der Waals surface area contributed by atoms with E-state index >= 15 is 0 Å². The minimum Gasteiger partial charge on any atom is -0.481 e. The summed E-state index contributed by atoms with van der Waals surface area (Å²) < 4.78 is 63.6. The zero-order chi connectivity index (χ0) is 19.3. The number of halogens is 3. The Kier molecular flexibility index (Phi) is 4.61. The highest BCUT2D eigenvalue weighted by atomic mass is 32.2. The van der Waals surface area contributed by atoms with Gasteiger partial charge in [-0.2, -0.15) is 13.2 Å². The maximum Gasteiger partial charge on any atom is 0.417 e. The largest absolute Gasteiger partial charge is 0.481 e. The van der Waals surface area contributed by atoms with Crippen molar-refractivity contribution in [3.05, 3.63) is 29.3 Å². The quantitative estimate of drug-likeness (QED) is 0.843. The van der Waals surface area contributed by atoms with E-state index < -0.39 is 37.9 Å². The zero-order valence-corrected chi connectivity index (χ0v) is 15.2. The summed E-state index contributed by atoms with van der Waals surface area (Å²) in [5, 5.41) is 9.78. The third-order valence-corrected chi connectivity index (χ3v) is 6.97. The molecule has 1 aromatic carbocycles. The Labute approximate surface area is 150 Å². The standard InChI is InChI=1S/C18H21F3O4S/c1-26(24,25)15-8-7-12(9-13(15)18(19,20)21)17(16(22)23)10-14(17)11-5-3-2-4-6-11/h7-9,11,14H,2-6,10H2,1H3,(H,22,23). The molecule has 8 heteroatoms. The van der Waals surface area contributed by atoms with Crippen molar-refractivity contribution in [2.24, 2.45) is 11.8 Å². The molecular weight excluding hydrogens is 369 g/mol. The number of sulfone groups is 1. The van der Waals surface area contributed by atoms with Gasteiger partial charge in [-0.15, -0.1) is 0 Å². The molecule has 0 heterocycles. The molecule has 0 aliphatic heterocycles. The SMILES string of the molecule is CS(=O)(=O)c1ccc(C2(C(=O)O)CC2C2CCCCC2)cc1C(F)(F)F. The molecule has 0 amide bonds. The van der Waals surface area contributed by atoms with E-state index in [1.807, 2.05) is 0 Å². The molecule has 0 radical (unpaired) electrons. The van der Waals surface area contributed by atoms with Crippen LogP contribution in [0.15, 0.2) is 23.1 Å². The highest BCUT2D eigenvalue weighted by Crippen LogP contribution is 2.61. The smallest absolute Gasteiger partial charge is 0.417 e. The Hall–Kier alpha value is -1.57. The van der Waals surface area contributed by atoms with Gasteiger partial charge in [0.25, 0.3) is 0 Å². The van der Waals surface area contributed by atoms with Crippen LogP contribution in [0, 0.1) is 11.8 Å². The first kappa shape index (κ1) is 19.2. The molecule has 26 heavy (non-hydrogen) atoms. The van der Waals surface area contributed by atoms with Crippen LogP contribution in [0.5, 0.6) is 0 Å². The summed E-state index contributed by atoms with van der Waals surface area (Å²) in [5.41, 5.74) is -2.56. The van der Waals surface area contributed by atoms with Gasteiger partial charge in [-0.05, 0) is 36.0 Å². The van der Waals surface area contributed by atoms with Crippen molar-refractivity contribution in [1.82, 2.24) is 0 Å².